The molecule has 0 aliphatic rings. The Morgan fingerprint density at radius 1 is 1.44 bits per heavy atom. The Morgan fingerprint density at radius 2 is 2.19 bits per heavy atom. The number of nitrogens with two attached hydrogens (primary N) is 1. The minimum Gasteiger partial charge on any atom is -0.496 e. The highest BCUT2D eigenvalue weighted by Crippen LogP contribution is 2.36. The summed E-state index contributed by atoms with van der Waals surface area (Å²) in [5, 5.41) is 4.33. The molecule has 2 rings (SSSR count). The van der Waals surface area contributed by atoms with Crippen LogP contribution in [0.3, 0.4) is 0 Å². The molecule has 2 N–H and O–H groups in total. The first-order valence-corrected chi connectivity index (χ1v) is 5.55. The fourth-order valence-corrected chi connectivity index (χ4v) is 2.08. The Hall–Kier alpha value is -1.49. The van der Waals surface area contributed by atoms with E-state index < -0.39 is 0 Å². The Morgan fingerprint density at radius 3 is 2.75 bits per heavy atom. The summed E-state index contributed by atoms with van der Waals surface area (Å²) in [6, 6.07) is 7.58. The minimum absolute atomic E-state index is 0.618. The van der Waals surface area contributed by atoms with Gasteiger partial charge in [0.15, 0.2) is 0 Å². The number of benzene rings is 1. The lowest BCUT2D eigenvalue weighted by Crippen LogP contribution is -1.96. The molecule has 0 aliphatic carbocycles. The Bertz CT molecular complexity index is 502. The van der Waals surface area contributed by atoms with Gasteiger partial charge in [0.05, 0.1) is 18.4 Å². The third-order valence-electron chi connectivity index (χ3n) is 2.37. The average molecular weight is 282 g/mol. The van der Waals surface area contributed by atoms with Crippen LogP contribution in [0.25, 0.3) is 11.3 Å². The lowest BCUT2D eigenvalue weighted by atomic mass is 10.1. The van der Waals surface area contributed by atoms with Gasteiger partial charge in [-0.05, 0) is 28.1 Å². The van der Waals surface area contributed by atoms with Crippen molar-refractivity contribution in [2.24, 2.45) is 7.05 Å². The molecule has 1 heterocycles. The topological polar surface area (TPSA) is 53.1 Å². The SMILES string of the molecule is COc1cccc(Br)c1-c1cc(N)n(C)n1. The number of methoxy groups -OCH3 is 1. The van der Waals surface area contributed by atoms with Gasteiger partial charge in [-0.1, -0.05) is 6.07 Å². The van der Waals surface area contributed by atoms with E-state index >= 15 is 0 Å². The van der Waals surface area contributed by atoms with E-state index in [0.29, 0.717) is 5.82 Å². The summed E-state index contributed by atoms with van der Waals surface area (Å²) < 4.78 is 7.88. The Labute approximate surface area is 102 Å². The second-order valence-corrected chi connectivity index (χ2v) is 4.25. The summed E-state index contributed by atoms with van der Waals surface area (Å²) in [7, 11) is 3.44. The molecule has 5 heteroatoms. The van der Waals surface area contributed by atoms with Crippen molar-refractivity contribution in [1.29, 1.82) is 0 Å². The van der Waals surface area contributed by atoms with E-state index in [-0.39, 0.29) is 0 Å². The number of hydrogen-bond acceptors (Lipinski definition) is 3. The van der Waals surface area contributed by atoms with E-state index in [1.807, 2.05) is 31.3 Å². The van der Waals surface area contributed by atoms with E-state index in [9.17, 15) is 0 Å². The highest BCUT2D eigenvalue weighted by atomic mass is 79.9. The number of anilines is 1. The number of nitrogens with zero attached hydrogens (tertiary/aromatic N) is 2. The Kier molecular flexibility index (Phi) is 2.87. The zero-order valence-corrected chi connectivity index (χ0v) is 10.7. The van der Waals surface area contributed by atoms with Crippen molar-refractivity contribution in [2.75, 3.05) is 12.8 Å². The van der Waals surface area contributed by atoms with Crippen LogP contribution in [0, 0.1) is 0 Å². The van der Waals surface area contributed by atoms with Crippen LogP contribution in [0.1, 0.15) is 0 Å². The first-order valence-electron chi connectivity index (χ1n) is 4.76. The van der Waals surface area contributed by atoms with Gasteiger partial charge in [-0.25, -0.2) is 0 Å². The van der Waals surface area contributed by atoms with E-state index in [1.54, 1.807) is 11.8 Å². The normalized spacial score (nSPS) is 10.4. The fraction of sp³-hybridized carbons (Fsp3) is 0.182. The maximum atomic E-state index is 5.76. The molecule has 84 valence electrons. The van der Waals surface area contributed by atoms with Crippen molar-refractivity contribution in [2.45, 2.75) is 0 Å². The quantitative estimate of drug-likeness (QED) is 0.920. The molecular weight excluding hydrogens is 270 g/mol. The first-order chi connectivity index (χ1) is 7.63. The van der Waals surface area contributed by atoms with Crippen molar-refractivity contribution in [3.8, 4) is 17.0 Å². The van der Waals surface area contributed by atoms with E-state index in [1.165, 1.54) is 0 Å². The second-order valence-electron chi connectivity index (χ2n) is 3.40. The van der Waals surface area contributed by atoms with Crippen LogP contribution in [-0.4, -0.2) is 16.9 Å². The third kappa shape index (κ3) is 1.78. The van der Waals surface area contributed by atoms with Crippen LogP contribution >= 0.6 is 15.9 Å². The van der Waals surface area contributed by atoms with Gasteiger partial charge in [0.25, 0.3) is 0 Å². The molecular formula is C11H12BrN3O. The number of aromatic nitrogens is 2. The number of halogens is 1. The molecule has 2 aromatic rings. The van der Waals surface area contributed by atoms with E-state index in [4.69, 9.17) is 10.5 Å². The Balaban J connectivity index is 2.62. The van der Waals surface area contributed by atoms with Gasteiger partial charge >= 0.3 is 0 Å². The van der Waals surface area contributed by atoms with Gasteiger partial charge in [-0.2, -0.15) is 5.10 Å². The number of nitrogen functional groups attached to an aromatic ring is 1. The van der Waals surface area contributed by atoms with Crippen molar-refractivity contribution < 1.29 is 4.74 Å². The fourth-order valence-electron chi connectivity index (χ4n) is 1.53. The monoisotopic (exact) mass is 281 g/mol. The average Bonchev–Trinajstić information content (AvgIpc) is 2.58. The third-order valence-corrected chi connectivity index (χ3v) is 3.03. The highest BCUT2D eigenvalue weighted by Gasteiger charge is 2.13. The zero-order valence-electron chi connectivity index (χ0n) is 9.07. The lowest BCUT2D eigenvalue weighted by Gasteiger charge is -2.07. The van der Waals surface area contributed by atoms with Crippen molar-refractivity contribution in [3.05, 3.63) is 28.7 Å². The molecule has 0 amide bonds. The molecule has 0 spiro atoms. The molecule has 1 aromatic heterocycles. The molecule has 0 saturated carbocycles. The first kappa shape index (κ1) is 11.0. The summed E-state index contributed by atoms with van der Waals surface area (Å²) in [5.41, 5.74) is 7.47. The van der Waals surface area contributed by atoms with Gasteiger partial charge in [0, 0.05) is 17.6 Å². The molecule has 16 heavy (non-hydrogen) atoms. The minimum atomic E-state index is 0.618. The van der Waals surface area contributed by atoms with Crippen LogP contribution in [-0.2, 0) is 7.05 Å². The van der Waals surface area contributed by atoms with Gasteiger partial charge in [0.1, 0.15) is 11.6 Å². The molecule has 0 unspecified atom stereocenters. The maximum absolute atomic E-state index is 5.76. The number of aryl methyl sites for hydroxylation is 1. The number of ether oxygens (including phenoxy) is 1. The predicted octanol–water partition coefficient (Wildman–Crippen LogP) is 2.44. The summed E-state index contributed by atoms with van der Waals surface area (Å²) in [6.45, 7) is 0. The van der Waals surface area contributed by atoms with Crippen LogP contribution in [0.5, 0.6) is 5.75 Å². The van der Waals surface area contributed by atoms with Gasteiger partial charge in [-0.15, -0.1) is 0 Å². The molecule has 1 aromatic carbocycles. The molecule has 0 atom stereocenters. The number of rotatable bonds is 2. The molecule has 0 aliphatic heterocycles. The van der Waals surface area contributed by atoms with E-state index in [2.05, 4.69) is 21.0 Å². The van der Waals surface area contributed by atoms with Crippen molar-refractivity contribution in [3.63, 3.8) is 0 Å². The van der Waals surface area contributed by atoms with Crippen LogP contribution in [0.4, 0.5) is 5.82 Å². The molecule has 0 fully saturated rings. The van der Waals surface area contributed by atoms with Gasteiger partial charge < -0.3 is 10.5 Å². The summed E-state index contributed by atoms with van der Waals surface area (Å²) in [5.74, 6) is 1.39. The summed E-state index contributed by atoms with van der Waals surface area (Å²) >= 11 is 3.49. The van der Waals surface area contributed by atoms with Crippen LogP contribution in [0.15, 0.2) is 28.7 Å². The van der Waals surface area contributed by atoms with Crippen molar-refractivity contribution >= 4 is 21.7 Å². The lowest BCUT2D eigenvalue weighted by molar-refractivity contribution is 0.416. The molecule has 4 nitrogen and oxygen atoms in total. The summed E-state index contributed by atoms with van der Waals surface area (Å²) in [6.07, 6.45) is 0. The highest BCUT2D eigenvalue weighted by molar-refractivity contribution is 9.10. The van der Waals surface area contributed by atoms with Gasteiger partial charge in [-0.3, -0.25) is 4.68 Å². The molecule has 0 saturated heterocycles. The standard InChI is InChI=1S/C11H12BrN3O/c1-15-10(13)6-8(14-15)11-7(12)4-3-5-9(11)16-2/h3-6H,13H2,1-2H3. The van der Waals surface area contributed by atoms with E-state index in [0.717, 1.165) is 21.5 Å². The largest absolute Gasteiger partial charge is 0.496 e. The molecule has 0 bridgehead atoms. The molecule has 0 radical (unpaired) electrons. The van der Waals surface area contributed by atoms with Crippen LogP contribution in [0.2, 0.25) is 0 Å². The smallest absolute Gasteiger partial charge is 0.129 e. The van der Waals surface area contributed by atoms with Gasteiger partial charge in [0.2, 0.25) is 0 Å². The summed E-state index contributed by atoms with van der Waals surface area (Å²) in [4.78, 5) is 0. The van der Waals surface area contributed by atoms with Crippen molar-refractivity contribution in [1.82, 2.24) is 9.78 Å². The van der Waals surface area contributed by atoms with Crippen LogP contribution < -0.4 is 10.5 Å². The zero-order chi connectivity index (χ0) is 11.7. The number of hydrogen-bond donors (Lipinski definition) is 1. The predicted molar refractivity (Wildman–Crippen MR) is 67.3 cm³/mol. The maximum Gasteiger partial charge on any atom is 0.129 e. The second kappa shape index (κ2) is 4.17.